The van der Waals surface area contributed by atoms with Gasteiger partial charge in [0.15, 0.2) is 11.5 Å². The summed E-state index contributed by atoms with van der Waals surface area (Å²) in [6.45, 7) is 0.728. The summed E-state index contributed by atoms with van der Waals surface area (Å²) in [5.74, 6) is 1.03. The second-order valence-electron chi connectivity index (χ2n) is 6.78. The molecule has 0 aliphatic carbocycles. The van der Waals surface area contributed by atoms with Crippen LogP contribution >= 0.6 is 0 Å². The number of fused-ring (bicyclic) bond motifs is 1. The van der Waals surface area contributed by atoms with Gasteiger partial charge in [0.1, 0.15) is 31.0 Å². The van der Waals surface area contributed by atoms with Crippen LogP contribution in [0.2, 0.25) is 0 Å². The lowest BCUT2D eigenvalue weighted by Crippen LogP contribution is -2.28. The molecule has 1 N–H and O–H groups in total. The van der Waals surface area contributed by atoms with E-state index < -0.39 is 5.56 Å². The topological polar surface area (TPSA) is 134 Å². The minimum Gasteiger partial charge on any atom is -0.486 e. The number of nitrogens with one attached hydrogen (secondary N) is 1. The molecule has 32 heavy (non-hydrogen) atoms. The van der Waals surface area contributed by atoms with Gasteiger partial charge in [-0.2, -0.15) is 4.98 Å². The van der Waals surface area contributed by atoms with Crippen LogP contribution in [0.5, 0.6) is 11.5 Å². The molecule has 4 heterocycles. The van der Waals surface area contributed by atoms with Crippen LogP contribution in [0.3, 0.4) is 0 Å². The zero-order valence-corrected chi connectivity index (χ0v) is 16.6. The van der Waals surface area contributed by atoms with Crippen molar-refractivity contribution in [2.75, 3.05) is 18.5 Å². The van der Waals surface area contributed by atoms with E-state index in [2.05, 4.69) is 25.4 Å². The third kappa shape index (κ3) is 3.90. The second kappa shape index (κ2) is 8.30. The molecular formula is C21H16N6O5. The summed E-state index contributed by atoms with van der Waals surface area (Å²) in [5.41, 5.74) is 0.674. The first-order chi connectivity index (χ1) is 15.7. The fourth-order valence-corrected chi connectivity index (χ4v) is 3.15. The first kappa shape index (κ1) is 19.4. The van der Waals surface area contributed by atoms with E-state index in [0.29, 0.717) is 36.1 Å². The van der Waals surface area contributed by atoms with E-state index in [1.807, 2.05) is 0 Å². The number of nitrogens with zero attached hydrogens (tertiary/aromatic N) is 5. The van der Waals surface area contributed by atoms with Gasteiger partial charge in [-0.15, -0.1) is 0 Å². The zero-order chi connectivity index (χ0) is 21.9. The molecular weight excluding hydrogens is 416 g/mol. The molecule has 1 aliphatic heterocycles. The summed E-state index contributed by atoms with van der Waals surface area (Å²) in [4.78, 5) is 37.7. The van der Waals surface area contributed by atoms with Crippen molar-refractivity contribution in [3.05, 3.63) is 65.5 Å². The van der Waals surface area contributed by atoms with E-state index >= 15 is 0 Å². The number of pyridine rings is 1. The number of hydrogen-bond donors (Lipinski definition) is 1. The summed E-state index contributed by atoms with van der Waals surface area (Å²) >= 11 is 0. The minimum atomic E-state index is -0.445. The van der Waals surface area contributed by atoms with Crippen LogP contribution in [0, 0.1) is 0 Å². The van der Waals surface area contributed by atoms with Gasteiger partial charge in [-0.25, -0.2) is 4.98 Å². The summed E-state index contributed by atoms with van der Waals surface area (Å²) < 4.78 is 17.5. The highest BCUT2D eigenvalue weighted by molar-refractivity contribution is 5.91. The number of amides is 1. The van der Waals surface area contributed by atoms with Crippen LogP contribution in [0.15, 0.2) is 64.4 Å². The standard InChI is InChI=1S/C21H16N6O5/c28-18(24-13-3-4-16-17(10-13)31-9-8-30-16)12-27-7-1-2-14(21(27)29)20-25-19(26-32-20)15-11-22-5-6-23-15/h1-7,10-11H,8-9,12H2,(H,24,28). The Morgan fingerprint density at radius 1 is 1.12 bits per heavy atom. The Morgan fingerprint density at radius 3 is 2.84 bits per heavy atom. The summed E-state index contributed by atoms with van der Waals surface area (Å²) in [7, 11) is 0. The smallest absolute Gasteiger partial charge is 0.263 e. The highest BCUT2D eigenvalue weighted by Crippen LogP contribution is 2.32. The lowest BCUT2D eigenvalue weighted by atomic mass is 10.2. The van der Waals surface area contributed by atoms with Crippen molar-refractivity contribution in [1.82, 2.24) is 24.7 Å². The number of hydrogen-bond acceptors (Lipinski definition) is 9. The highest BCUT2D eigenvalue weighted by atomic mass is 16.6. The molecule has 0 fully saturated rings. The normalized spacial score (nSPS) is 12.4. The molecule has 1 aromatic carbocycles. The van der Waals surface area contributed by atoms with Gasteiger partial charge >= 0.3 is 0 Å². The van der Waals surface area contributed by atoms with Gasteiger partial charge in [-0.05, 0) is 24.3 Å². The molecule has 0 spiro atoms. The van der Waals surface area contributed by atoms with E-state index in [1.165, 1.54) is 29.4 Å². The van der Waals surface area contributed by atoms with Crippen molar-refractivity contribution >= 4 is 11.6 Å². The van der Waals surface area contributed by atoms with E-state index in [1.54, 1.807) is 30.3 Å². The maximum Gasteiger partial charge on any atom is 0.263 e. The Bertz CT molecular complexity index is 1330. The molecule has 160 valence electrons. The Kier molecular flexibility index (Phi) is 5.04. The molecule has 0 saturated heterocycles. The molecule has 0 saturated carbocycles. The average Bonchev–Trinajstić information content (AvgIpc) is 3.31. The Morgan fingerprint density at radius 2 is 2.00 bits per heavy atom. The third-order valence-corrected chi connectivity index (χ3v) is 4.61. The monoisotopic (exact) mass is 432 g/mol. The Labute approximate surface area is 180 Å². The van der Waals surface area contributed by atoms with Gasteiger partial charge in [-0.1, -0.05) is 5.16 Å². The molecule has 0 unspecified atom stereocenters. The SMILES string of the molecule is O=C(Cn1cccc(-c2nc(-c3cnccn3)no2)c1=O)Nc1ccc2c(c1)OCCO2. The number of anilines is 1. The van der Waals surface area contributed by atoms with Crippen LogP contribution in [-0.2, 0) is 11.3 Å². The van der Waals surface area contributed by atoms with Gasteiger partial charge in [0.25, 0.3) is 11.4 Å². The average molecular weight is 432 g/mol. The predicted octanol–water partition coefficient (Wildman–Crippen LogP) is 1.77. The van der Waals surface area contributed by atoms with Gasteiger partial charge in [-0.3, -0.25) is 14.6 Å². The number of benzene rings is 1. The molecule has 0 atom stereocenters. The molecule has 4 aromatic rings. The zero-order valence-electron chi connectivity index (χ0n) is 16.6. The molecule has 11 heteroatoms. The summed E-state index contributed by atoms with van der Waals surface area (Å²) in [5, 5.41) is 6.60. The van der Waals surface area contributed by atoms with E-state index in [-0.39, 0.29) is 29.7 Å². The largest absolute Gasteiger partial charge is 0.486 e. The van der Waals surface area contributed by atoms with Crippen LogP contribution < -0.4 is 20.3 Å². The van der Waals surface area contributed by atoms with Crippen molar-refractivity contribution in [2.45, 2.75) is 6.54 Å². The van der Waals surface area contributed by atoms with Crippen molar-refractivity contribution in [1.29, 1.82) is 0 Å². The lowest BCUT2D eigenvalue weighted by Gasteiger charge is -2.19. The van der Waals surface area contributed by atoms with Crippen molar-refractivity contribution < 1.29 is 18.8 Å². The molecule has 0 radical (unpaired) electrons. The molecule has 1 aliphatic rings. The van der Waals surface area contributed by atoms with Crippen molar-refractivity contribution in [3.8, 4) is 34.5 Å². The fraction of sp³-hybridized carbons (Fsp3) is 0.143. The first-order valence-electron chi connectivity index (χ1n) is 9.67. The Balaban J connectivity index is 1.33. The van der Waals surface area contributed by atoms with Gasteiger partial charge in [0.2, 0.25) is 11.7 Å². The van der Waals surface area contributed by atoms with Crippen molar-refractivity contribution in [2.24, 2.45) is 0 Å². The third-order valence-electron chi connectivity index (χ3n) is 4.61. The molecule has 3 aromatic heterocycles. The fourth-order valence-electron chi connectivity index (χ4n) is 3.15. The second-order valence-corrected chi connectivity index (χ2v) is 6.78. The summed E-state index contributed by atoms with van der Waals surface area (Å²) in [6, 6.07) is 8.28. The number of carbonyl (C=O) groups is 1. The van der Waals surface area contributed by atoms with Gasteiger partial charge in [0.05, 0.1) is 6.20 Å². The van der Waals surface area contributed by atoms with E-state index in [4.69, 9.17) is 14.0 Å². The molecule has 11 nitrogen and oxygen atoms in total. The first-order valence-corrected chi connectivity index (χ1v) is 9.67. The number of aromatic nitrogens is 5. The quantitative estimate of drug-likeness (QED) is 0.500. The van der Waals surface area contributed by atoms with E-state index in [9.17, 15) is 9.59 Å². The minimum absolute atomic E-state index is 0.0252. The van der Waals surface area contributed by atoms with Gasteiger partial charge < -0.3 is 23.9 Å². The lowest BCUT2D eigenvalue weighted by molar-refractivity contribution is -0.116. The Hall–Kier alpha value is -4.54. The number of ether oxygens (including phenoxy) is 2. The highest BCUT2D eigenvalue weighted by Gasteiger charge is 2.17. The molecule has 5 rings (SSSR count). The van der Waals surface area contributed by atoms with Crippen molar-refractivity contribution in [3.63, 3.8) is 0 Å². The van der Waals surface area contributed by atoms with Crippen LogP contribution in [-0.4, -0.2) is 43.8 Å². The van der Waals surface area contributed by atoms with Crippen LogP contribution in [0.25, 0.3) is 23.0 Å². The molecule has 0 bridgehead atoms. The number of rotatable bonds is 5. The van der Waals surface area contributed by atoms with E-state index in [0.717, 1.165) is 0 Å². The van der Waals surface area contributed by atoms with Gasteiger partial charge in [0, 0.05) is 30.3 Å². The number of carbonyl (C=O) groups excluding carboxylic acids is 1. The molecule has 1 amide bonds. The van der Waals surface area contributed by atoms with Crippen LogP contribution in [0.1, 0.15) is 0 Å². The predicted molar refractivity (Wildman–Crippen MR) is 111 cm³/mol. The summed E-state index contributed by atoms with van der Waals surface area (Å²) in [6.07, 6.45) is 6.02. The maximum atomic E-state index is 12.9. The maximum absolute atomic E-state index is 12.9. The van der Waals surface area contributed by atoms with Crippen LogP contribution in [0.4, 0.5) is 5.69 Å².